The third kappa shape index (κ3) is 5.85. The molecule has 1 fully saturated rings. The van der Waals surface area contributed by atoms with Crippen LogP contribution >= 0.6 is 11.8 Å². The van der Waals surface area contributed by atoms with Crippen LogP contribution in [0.3, 0.4) is 0 Å². The number of thioether (sulfide) groups is 1. The molecule has 0 atom stereocenters. The van der Waals surface area contributed by atoms with E-state index in [-0.39, 0.29) is 24.3 Å². The number of benzene rings is 2. The van der Waals surface area contributed by atoms with E-state index in [1.54, 1.807) is 6.08 Å². The van der Waals surface area contributed by atoms with E-state index >= 15 is 0 Å². The molecular formula is C25H29NO5S. The van der Waals surface area contributed by atoms with Gasteiger partial charge in [0.2, 0.25) is 0 Å². The first-order valence-corrected chi connectivity index (χ1v) is 11.6. The zero-order valence-electron chi connectivity index (χ0n) is 19.0. The SMILES string of the molecule is CCCOc1ccc(/C=C2\SC(=O)N(CCOc3cc(C)ccc3C)C2=O)cc1OCC. The molecule has 6 nitrogen and oxygen atoms in total. The minimum absolute atomic E-state index is 0.198. The first kappa shape index (κ1) is 23.7. The van der Waals surface area contributed by atoms with Crippen LogP contribution in [0, 0.1) is 13.8 Å². The summed E-state index contributed by atoms with van der Waals surface area (Å²) in [4.78, 5) is 26.8. The Bertz CT molecular complexity index is 1020. The molecule has 3 rings (SSSR count). The third-order valence-corrected chi connectivity index (χ3v) is 5.72. The van der Waals surface area contributed by atoms with Crippen molar-refractivity contribution in [1.29, 1.82) is 0 Å². The number of rotatable bonds is 10. The van der Waals surface area contributed by atoms with Gasteiger partial charge in [-0.25, -0.2) is 0 Å². The van der Waals surface area contributed by atoms with Crippen molar-refractivity contribution < 1.29 is 23.8 Å². The topological polar surface area (TPSA) is 65.1 Å². The fraction of sp³-hybridized carbons (Fsp3) is 0.360. The van der Waals surface area contributed by atoms with Crippen molar-refractivity contribution in [3.63, 3.8) is 0 Å². The minimum atomic E-state index is -0.311. The maximum Gasteiger partial charge on any atom is 0.293 e. The molecule has 2 aromatic carbocycles. The van der Waals surface area contributed by atoms with Crippen LogP contribution in [0.4, 0.5) is 4.79 Å². The molecule has 0 saturated carbocycles. The summed E-state index contributed by atoms with van der Waals surface area (Å²) in [5.74, 6) is 1.74. The summed E-state index contributed by atoms with van der Waals surface area (Å²) in [5.41, 5.74) is 2.88. The maximum absolute atomic E-state index is 12.8. The monoisotopic (exact) mass is 455 g/mol. The Hall–Kier alpha value is -2.93. The number of imide groups is 1. The smallest absolute Gasteiger partial charge is 0.293 e. The third-order valence-electron chi connectivity index (χ3n) is 4.82. The Labute approximate surface area is 193 Å². The van der Waals surface area contributed by atoms with Crippen LogP contribution in [0.1, 0.15) is 37.0 Å². The van der Waals surface area contributed by atoms with Gasteiger partial charge in [-0.1, -0.05) is 25.1 Å². The van der Waals surface area contributed by atoms with Crippen LogP contribution in [-0.4, -0.2) is 42.4 Å². The van der Waals surface area contributed by atoms with Gasteiger partial charge >= 0.3 is 0 Å². The lowest BCUT2D eigenvalue weighted by molar-refractivity contribution is -0.123. The van der Waals surface area contributed by atoms with Crippen molar-refractivity contribution in [3.05, 3.63) is 58.0 Å². The average Bonchev–Trinajstić information content (AvgIpc) is 3.03. The molecule has 1 aliphatic rings. The van der Waals surface area contributed by atoms with Gasteiger partial charge in [0.15, 0.2) is 11.5 Å². The molecule has 0 spiro atoms. The van der Waals surface area contributed by atoms with Gasteiger partial charge in [0.1, 0.15) is 12.4 Å². The van der Waals surface area contributed by atoms with E-state index in [4.69, 9.17) is 14.2 Å². The standard InChI is InChI=1S/C25H29NO5S/c1-5-12-30-20-10-9-19(15-22(20)29-6-2)16-23-24(27)26(25(28)32-23)11-13-31-21-14-17(3)7-8-18(21)4/h7-10,14-16H,5-6,11-13H2,1-4H3/b23-16-. The van der Waals surface area contributed by atoms with Gasteiger partial charge in [0.05, 0.1) is 24.7 Å². The average molecular weight is 456 g/mol. The summed E-state index contributed by atoms with van der Waals surface area (Å²) in [6, 6.07) is 11.5. The number of carbonyl (C=O) groups excluding carboxylic acids is 2. The van der Waals surface area contributed by atoms with E-state index in [9.17, 15) is 9.59 Å². The molecule has 1 aliphatic heterocycles. The molecule has 1 saturated heterocycles. The largest absolute Gasteiger partial charge is 0.491 e. The number of carbonyl (C=O) groups is 2. The lowest BCUT2D eigenvalue weighted by Gasteiger charge is -2.14. The molecule has 0 N–H and O–H groups in total. The van der Waals surface area contributed by atoms with Crippen molar-refractivity contribution in [1.82, 2.24) is 4.90 Å². The zero-order valence-corrected chi connectivity index (χ0v) is 19.8. The van der Waals surface area contributed by atoms with Crippen molar-refractivity contribution >= 4 is 29.0 Å². The van der Waals surface area contributed by atoms with E-state index in [2.05, 4.69) is 0 Å². The number of hydrogen-bond donors (Lipinski definition) is 0. The molecule has 2 amide bonds. The highest BCUT2D eigenvalue weighted by Crippen LogP contribution is 2.34. The van der Waals surface area contributed by atoms with Crippen LogP contribution in [0.25, 0.3) is 6.08 Å². The Morgan fingerprint density at radius 3 is 2.44 bits per heavy atom. The molecule has 0 aromatic heterocycles. The molecule has 2 aromatic rings. The van der Waals surface area contributed by atoms with E-state index in [0.717, 1.165) is 40.6 Å². The summed E-state index contributed by atoms with van der Waals surface area (Å²) < 4.78 is 17.2. The highest BCUT2D eigenvalue weighted by atomic mass is 32.2. The van der Waals surface area contributed by atoms with Crippen LogP contribution in [-0.2, 0) is 4.79 Å². The number of ether oxygens (including phenoxy) is 3. The molecule has 0 bridgehead atoms. The second-order valence-corrected chi connectivity index (χ2v) is 8.43. The highest BCUT2D eigenvalue weighted by molar-refractivity contribution is 8.18. The van der Waals surface area contributed by atoms with Crippen molar-refractivity contribution in [2.75, 3.05) is 26.4 Å². The number of amides is 2. The predicted octanol–water partition coefficient (Wildman–Crippen LogP) is 5.61. The van der Waals surface area contributed by atoms with Crippen LogP contribution in [0.5, 0.6) is 17.2 Å². The van der Waals surface area contributed by atoms with Crippen molar-refractivity contribution in [3.8, 4) is 17.2 Å². The Morgan fingerprint density at radius 1 is 0.906 bits per heavy atom. The van der Waals surface area contributed by atoms with Crippen LogP contribution in [0.15, 0.2) is 41.3 Å². The van der Waals surface area contributed by atoms with Crippen molar-refractivity contribution in [2.45, 2.75) is 34.1 Å². The van der Waals surface area contributed by atoms with Gasteiger partial charge in [-0.05, 0) is 79.9 Å². The number of aryl methyl sites for hydroxylation is 2. The zero-order chi connectivity index (χ0) is 23.1. The van der Waals surface area contributed by atoms with Gasteiger partial charge in [-0.2, -0.15) is 0 Å². The van der Waals surface area contributed by atoms with Gasteiger partial charge in [-0.3, -0.25) is 14.5 Å². The van der Waals surface area contributed by atoms with E-state index in [1.807, 2.05) is 64.1 Å². The molecule has 1 heterocycles. The van der Waals surface area contributed by atoms with Crippen LogP contribution in [0.2, 0.25) is 0 Å². The predicted molar refractivity (Wildman–Crippen MR) is 127 cm³/mol. The van der Waals surface area contributed by atoms with Gasteiger partial charge in [0, 0.05) is 0 Å². The Kier molecular flexibility index (Phi) is 8.22. The van der Waals surface area contributed by atoms with E-state index in [1.165, 1.54) is 4.90 Å². The Balaban J connectivity index is 1.68. The number of hydrogen-bond acceptors (Lipinski definition) is 6. The summed E-state index contributed by atoms with van der Waals surface area (Å²) in [6.45, 7) is 9.45. The minimum Gasteiger partial charge on any atom is -0.491 e. The first-order chi connectivity index (χ1) is 15.4. The molecule has 170 valence electrons. The lowest BCUT2D eigenvalue weighted by atomic mass is 10.1. The molecule has 0 unspecified atom stereocenters. The Morgan fingerprint density at radius 2 is 1.69 bits per heavy atom. The van der Waals surface area contributed by atoms with E-state index < -0.39 is 0 Å². The molecular weight excluding hydrogens is 426 g/mol. The van der Waals surface area contributed by atoms with E-state index in [0.29, 0.717) is 29.6 Å². The molecule has 0 radical (unpaired) electrons. The molecule has 7 heteroatoms. The van der Waals surface area contributed by atoms with Crippen molar-refractivity contribution in [2.24, 2.45) is 0 Å². The van der Waals surface area contributed by atoms with Crippen LogP contribution < -0.4 is 14.2 Å². The quantitative estimate of drug-likeness (QED) is 0.434. The van der Waals surface area contributed by atoms with Gasteiger partial charge in [0.25, 0.3) is 11.1 Å². The second-order valence-electron chi connectivity index (χ2n) is 7.44. The molecule has 0 aliphatic carbocycles. The lowest BCUT2D eigenvalue weighted by Crippen LogP contribution is -2.32. The summed E-state index contributed by atoms with van der Waals surface area (Å²) in [7, 11) is 0. The van der Waals surface area contributed by atoms with Gasteiger partial charge in [-0.15, -0.1) is 0 Å². The fourth-order valence-corrected chi connectivity index (χ4v) is 4.03. The fourth-order valence-electron chi connectivity index (χ4n) is 3.17. The van der Waals surface area contributed by atoms with Gasteiger partial charge < -0.3 is 14.2 Å². The first-order valence-electron chi connectivity index (χ1n) is 10.8. The summed E-state index contributed by atoms with van der Waals surface area (Å²) in [6.07, 6.45) is 2.61. The maximum atomic E-state index is 12.8. The second kappa shape index (κ2) is 11.1. The summed E-state index contributed by atoms with van der Waals surface area (Å²) >= 11 is 0.937. The highest BCUT2D eigenvalue weighted by Gasteiger charge is 2.34. The number of nitrogens with zero attached hydrogens (tertiary/aromatic N) is 1. The summed E-state index contributed by atoms with van der Waals surface area (Å²) in [5, 5.41) is -0.293. The molecule has 32 heavy (non-hydrogen) atoms. The normalized spacial score (nSPS) is 14.9.